The van der Waals surface area contributed by atoms with Gasteiger partial charge < -0.3 is 14.3 Å². The number of nitrogens with zero attached hydrogens (tertiary/aromatic N) is 1. The van der Waals surface area contributed by atoms with Crippen LogP contribution in [0.15, 0.2) is 48.7 Å². The van der Waals surface area contributed by atoms with Gasteiger partial charge in [-0.15, -0.1) is 0 Å². The summed E-state index contributed by atoms with van der Waals surface area (Å²) < 4.78 is 8.68. The van der Waals surface area contributed by atoms with Crippen LogP contribution in [0.4, 0.5) is 0 Å². The van der Waals surface area contributed by atoms with E-state index in [0.29, 0.717) is 19.6 Å². The van der Waals surface area contributed by atoms with Crippen LogP contribution in [0, 0.1) is 5.41 Å². The average Bonchev–Trinajstić information content (AvgIpc) is 3.36. The Bertz CT molecular complexity index is 1210. The number of ether oxygens (including phenoxy) is 1. The van der Waals surface area contributed by atoms with Crippen molar-refractivity contribution in [2.45, 2.75) is 59.9 Å². The van der Waals surface area contributed by atoms with E-state index < -0.39 is 0 Å². The number of hydrogen-bond donors (Lipinski definition) is 2. The minimum atomic E-state index is 0.235. The van der Waals surface area contributed by atoms with E-state index in [9.17, 15) is 0 Å². The molecule has 2 aromatic carbocycles. The molecule has 33 heavy (non-hydrogen) atoms. The molecule has 5 heteroatoms. The summed E-state index contributed by atoms with van der Waals surface area (Å²) in [5.74, 6) is 1.00. The van der Waals surface area contributed by atoms with E-state index >= 15 is 0 Å². The smallest absolute Gasteiger partial charge is 0.123 e. The molecule has 0 saturated carbocycles. The van der Waals surface area contributed by atoms with Crippen LogP contribution in [0.1, 0.15) is 50.9 Å². The van der Waals surface area contributed by atoms with Crippen molar-refractivity contribution >= 4 is 21.8 Å². The van der Waals surface area contributed by atoms with Crippen LogP contribution in [0.25, 0.3) is 21.8 Å². The van der Waals surface area contributed by atoms with Gasteiger partial charge in [-0.3, -0.25) is 5.26 Å². The molecule has 5 nitrogen and oxygen atoms in total. The van der Waals surface area contributed by atoms with Gasteiger partial charge in [0.1, 0.15) is 5.75 Å². The fourth-order valence-corrected chi connectivity index (χ4v) is 4.57. The van der Waals surface area contributed by atoms with Crippen LogP contribution >= 0.6 is 0 Å². The second kappa shape index (κ2) is 10.0. The number of aryl methyl sites for hydroxylation is 1. The Kier molecular flexibility index (Phi) is 7.11. The van der Waals surface area contributed by atoms with Gasteiger partial charge in [0.25, 0.3) is 0 Å². The summed E-state index contributed by atoms with van der Waals surface area (Å²) in [5.41, 5.74) is 6.27. The first-order valence-corrected chi connectivity index (χ1v) is 12.0. The summed E-state index contributed by atoms with van der Waals surface area (Å²) in [5, 5.41) is 11.1. The molecule has 4 aromatic rings. The molecule has 4 rings (SSSR count). The largest absolute Gasteiger partial charge is 0.493 e. The van der Waals surface area contributed by atoms with Gasteiger partial charge in [0.2, 0.25) is 0 Å². The van der Waals surface area contributed by atoms with Crippen molar-refractivity contribution in [2.24, 2.45) is 5.41 Å². The maximum atomic E-state index is 8.57. The molecule has 0 aliphatic rings. The van der Waals surface area contributed by atoms with Gasteiger partial charge in [0.05, 0.1) is 13.2 Å². The first-order valence-electron chi connectivity index (χ1n) is 12.0. The molecule has 2 aromatic heterocycles. The number of benzene rings is 2. The van der Waals surface area contributed by atoms with Gasteiger partial charge in [-0.05, 0) is 65.6 Å². The first-order chi connectivity index (χ1) is 15.9. The van der Waals surface area contributed by atoms with Crippen molar-refractivity contribution in [1.29, 1.82) is 0 Å². The molecule has 0 atom stereocenters. The molecule has 0 radical (unpaired) electrons. The average molecular weight is 449 g/mol. The highest BCUT2D eigenvalue weighted by Crippen LogP contribution is 2.32. The molecule has 0 spiro atoms. The van der Waals surface area contributed by atoms with Crippen LogP contribution in [0.3, 0.4) is 0 Å². The van der Waals surface area contributed by atoms with Gasteiger partial charge in [0, 0.05) is 46.8 Å². The number of nitrogens with one attached hydrogen (secondary N) is 1. The molecule has 0 aliphatic carbocycles. The number of aromatic nitrogens is 2. The first kappa shape index (κ1) is 23.4. The highest BCUT2D eigenvalue weighted by Gasteiger charge is 2.16. The molecule has 0 aliphatic heterocycles. The number of rotatable bonds is 10. The Morgan fingerprint density at radius 1 is 0.970 bits per heavy atom. The maximum Gasteiger partial charge on any atom is 0.123 e. The molecule has 2 N–H and O–H groups in total. The molecule has 0 bridgehead atoms. The Balaban J connectivity index is 1.48. The predicted octanol–water partition coefficient (Wildman–Crippen LogP) is 6.77. The monoisotopic (exact) mass is 448 g/mol. The number of fused-ring (bicyclic) bond motifs is 2. The molecule has 0 fully saturated rings. The zero-order chi connectivity index (χ0) is 23.4. The normalized spacial score (nSPS) is 12.2. The van der Waals surface area contributed by atoms with Crippen molar-refractivity contribution in [3.05, 3.63) is 65.5 Å². The fraction of sp³-hybridized carbons (Fsp3) is 0.429. The van der Waals surface area contributed by atoms with E-state index in [0.717, 1.165) is 48.3 Å². The third-order valence-electron chi connectivity index (χ3n) is 6.02. The zero-order valence-corrected chi connectivity index (χ0v) is 20.3. The summed E-state index contributed by atoms with van der Waals surface area (Å²) in [4.78, 5) is 7.70. The topological polar surface area (TPSA) is 59.4 Å². The van der Waals surface area contributed by atoms with Gasteiger partial charge in [-0.2, -0.15) is 0 Å². The lowest BCUT2D eigenvalue weighted by Gasteiger charge is -2.20. The molecule has 2 heterocycles. The van der Waals surface area contributed by atoms with E-state index in [1.165, 1.54) is 21.9 Å². The molecular formula is C28H36N2O3. The Morgan fingerprint density at radius 3 is 2.58 bits per heavy atom. The third-order valence-corrected chi connectivity index (χ3v) is 6.02. The van der Waals surface area contributed by atoms with Gasteiger partial charge in [-0.1, -0.05) is 40.2 Å². The van der Waals surface area contributed by atoms with Crippen molar-refractivity contribution in [3.8, 4) is 5.75 Å². The van der Waals surface area contributed by atoms with Crippen molar-refractivity contribution < 1.29 is 14.9 Å². The van der Waals surface area contributed by atoms with Crippen LogP contribution in [-0.2, 0) is 30.7 Å². The third kappa shape index (κ3) is 5.60. The maximum absolute atomic E-state index is 8.57. The number of hydrogen-bond acceptors (Lipinski definition) is 3. The lowest BCUT2D eigenvalue weighted by molar-refractivity contribution is -0.241. The molecule has 0 saturated heterocycles. The van der Waals surface area contributed by atoms with Gasteiger partial charge in [-0.25, -0.2) is 4.89 Å². The minimum Gasteiger partial charge on any atom is -0.493 e. The van der Waals surface area contributed by atoms with Crippen LogP contribution in [-0.4, -0.2) is 28.0 Å². The van der Waals surface area contributed by atoms with Crippen LogP contribution in [0.2, 0.25) is 0 Å². The quantitative estimate of drug-likeness (QED) is 0.208. The fourth-order valence-electron chi connectivity index (χ4n) is 4.57. The van der Waals surface area contributed by atoms with Gasteiger partial charge >= 0.3 is 0 Å². The Hall–Kier alpha value is -2.76. The molecule has 0 amide bonds. The van der Waals surface area contributed by atoms with Crippen molar-refractivity contribution in [1.82, 2.24) is 9.55 Å². The Morgan fingerprint density at radius 2 is 1.82 bits per heavy atom. The summed E-state index contributed by atoms with van der Waals surface area (Å²) in [7, 11) is 0. The standard InChI is InChI=1S/C28H36N2O3/c1-5-6-24-23-11-14-30(19-28(2,3)4)26(23)9-10-27(24)32-15-13-22-18-21-17-20(12-16-33-31)7-8-25(21)29-22/h7-11,14,17-18,29,31H,5-6,12-13,15-16,19H2,1-4H3. The lowest BCUT2D eigenvalue weighted by atomic mass is 9.97. The van der Waals surface area contributed by atoms with Crippen LogP contribution < -0.4 is 4.74 Å². The lowest BCUT2D eigenvalue weighted by Crippen LogP contribution is -2.14. The number of aromatic amines is 1. The zero-order valence-electron chi connectivity index (χ0n) is 20.3. The SMILES string of the molecule is CCCc1c(OCCc2cc3cc(CCOO)ccc3[nH]2)ccc2c1ccn2CC(C)(C)C. The van der Waals surface area contributed by atoms with E-state index in [-0.39, 0.29) is 5.41 Å². The van der Waals surface area contributed by atoms with Crippen molar-refractivity contribution in [3.63, 3.8) is 0 Å². The molecular weight excluding hydrogens is 412 g/mol. The predicted molar refractivity (Wildman–Crippen MR) is 135 cm³/mol. The summed E-state index contributed by atoms with van der Waals surface area (Å²) in [6.45, 7) is 11.0. The molecule has 0 unspecified atom stereocenters. The van der Waals surface area contributed by atoms with E-state index in [4.69, 9.17) is 9.99 Å². The highest BCUT2D eigenvalue weighted by molar-refractivity contribution is 5.86. The highest BCUT2D eigenvalue weighted by atomic mass is 17.1. The van der Waals surface area contributed by atoms with Gasteiger partial charge in [0.15, 0.2) is 0 Å². The van der Waals surface area contributed by atoms with E-state index in [2.05, 4.69) is 90.8 Å². The van der Waals surface area contributed by atoms with E-state index in [1.807, 2.05) is 0 Å². The summed E-state index contributed by atoms with van der Waals surface area (Å²) >= 11 is 0. The second-order valence-electron chi connectivity index (χ2n) is 10.1. The number of H-pyrrole nitrogens is 1. The minimum absolute atomic E-state index is 0.235. The Labute approximate surface area is 196 Å². The van der Waals surface area contributed by atoms with Crippen LogP contribution in [0.5, 0.6) is 5.75 Å². The molecule has 176 valence electrons. The summed E-state index contributed by atoms with van der Waals surface area (Å²) in [6.07, 6.45) is 5.82. The summed E-state index contributed by atoms with van der Waals surface area (Å²) in [6, 6.07) is 15.1. The second-order valence-corrected chi connectivity index (χ2v) is 10.1. The van der Waals surface area contributed by atoms with E-state index in [1.54, 1.807) is 0 Å². The van der Waals surface area contributed by atoms with Crippen molar-refractivity contribution in [2.75, 3.05) is 13.2 Å².